The number of amides is 1. The molecule has 25 heavy (non-hydrogen) atoms. The van der Waals surface area contributed by atoms with E-state index in [1.165, 1.54) is 0 Å². The zero-order valence-corrected chi connectivity index (χ0v) is 14.0. The number of benzene rings is 3. The Labute approximate surface area is 147 Å². The van der Waals surface area contributed by atoms with Crippen molar-refractivity contribution >= 4 is 12.2 Å². The highest BCUT2D eigenvalue weighted by atomic mass is 16.1. The van der Waals surface area contributed by atoms with Crippen LogP contribution in [-0.4, -0.2) is 19.2 Å². The summed E-state index contributed by atoms with van der Waals surface area (Å²) >= 11 is 0. The molecule has 0 atom stereocenters. The van der Waals surface area contributed by atoms with E-state index in [1.807, 2.05) is 60.7 Å². The Kier molecular flexibility index (Phi) is 5.05. The van der Waals surface area contributed by atoms with E-state index in [0.717, 1.165) is 28.5 Å². The van der Waals surface area contributed by atoms with Gasteiger partial charge in [0.1, 0.15) is 6.29 Å². The van der Waals surface area contributed by atoms with E-state index in [1.54, 1.807) is 7.05 Å². The molecular formula is C22H19NO2. The minimum atomic E-state index is -0.0730. The number of aldehydes is 1. The molecule has 3 aromatic carbocycles. The molecule has 0 heterocycles. The van der Waals surface area contributed by atoms with E-state index in [0.29, 0.717) is 17.5 Å². The average molecular weight is 329 g/mol. The van der Waals surface area contributed by atoms with Crippen molar-refractivity contribution in [3.8, 4) is 11.1 Å². The van der Waals surface area contributed by atoms with E-state index in [-0.39, 0.29) is 5.91 Å². The highest BCUT2D eigenvalue weighted by molar-refractivity contribution is 5.95. The molecule has 1 N–H and O–H groups in total. The topological polar surface area (TPSA) is 46.2 Å². The first-order chi connectivity index (χ1) is 12.2. The molecule has 0 saturated heterocycles. The molecule has 0 aliphatic heterocycles. The Bertz CT molecular complexity index is 898. The second kappa shape index (κ2) is 7.58. The summed E-state index contributed by atoms with van der Waals surface area (Å²) in [5.74, 6) is -0.0730. The zero-order valence-electron chi connectivity index (χ0n) is 14.0. The lowest BCUT2D eigenvalue weighted by atomic mass is 9.96. The minimum absolute atomic E-state index is 0.0730. The molecule has 3 heteroatoms. The van der Waals surface area contributed by atoms with Crippen molar-refractivity contribution < 1.29 is 9.59 Å². The molecule has 1 amide bonds. The third kappa shape index (κ3) is 3.83. The SMILES string of the molecule is CNC(=O)c1ccccc1Cc1cccc(-c2ccc(C=O)cc2)c1. The molecule has 3 rings (SSSR count). The van der Waals surface area contributed by atoms with Crippen molar-refractivity contribution in [3.05, 3.63) is 95.1 Å². The van der Waals surface area contributed by atoms with Crippen LogP contribution in [0.3, 0.4) is 0 Å². The van der Waals surface area contributed by atoms with Gasteiger partial charge in [0.2, 0.25) is 0 Å². The molecule has 124 valence electrons. The predicted molar refractivity (Wildman–Crippen MR) is 99.9 cm³/mol. The van der Waals surface area contributed by atoms with E-state index in [2.05, 4.69) is 17.4 Å². The smallest absolute Gasteiger partial charge is 0.251 e. The van der Waals surface area contributed by atoms with Crippen molar-refractivity contribution in [2.45, 2.75) is 6.42 Å². The summed E-state index contributed by atoms with van der Waals surface area (Å²) in [6, 6.07) is 23.4. The number of hydrogen-bond acceptors (Lipinski definition) is 2. The number of nitrogens with one attached hydrogen (secondary N) is 1. The van der Waals surface area contributed by atoms with Gasteiger partial charge in [0.05, 0.1) is 0 Å². The van der Waals surface area contributed by atoms with Gasteiger partial charge in [-0.1, -0.05) is 66.7 Å². The van der Waals surface area contributed by atoms with Gasteiger partial charge in [-0.25, -0.2) is 0 Å². The first-order valence-electron chi connectivity index (χ1n) is 8.16. The van der Waals surface area contributed by atoms with Crippen molar-refractivity contribution in [1.82, 2.24) is 5.32 Å². The Morgan fingerprint density at radius 2 is 1.68 bits per heavy atom. The van der Waals surface area contributed by atoms with Crippen LogP contribution < -0.4 is 5.32 Å². The fourth-order valence-electron chi connectivity index (χ4n) is 2.87. The zero-order chi connectivity index (χ0) is 17.6. The molecule has 0 spiro atoms. The molecule has 0 saturated carbocycles. The first kappa shape index (κ1) is 16.7. The van der Waals surface area contributed by atoms with Crippen molar-refractivity contribution in [1.29, 1.82) is 0 Å². The summed E-state index contributed by atoms with van der Waals surface area (Å²) in [4.78, 5) is 22.8. The summed E-state index contributed by atoms with van der Waals surface area (Å²) < 4.78 is 0. The van der Waals surface area contributed by atoms with Crippen LogP contribution in [0.2, 0.25) is 0 Å². The fraction of sp³-hybridized carbons (Fsp3) is 0.0909. The fourth-order valence-corrected chi connectivity index (χ4v) is 2.87. The van der Waals surface area contributed by atoms with Gasteiger partial charge in [-0.15, -0.1) is 0 Å². The van der Waals surface area contributed by atoms with Crippen LogP contribution in [0.4, 0.5) is 0 Å². The minimum Gasteiger partial charge on any atom is -0.355 e. The van der Waals surface area contributed by atoms with Gasteiger partial charge in [0, 0.05) is 18.2 Å². The first-order valence-corrected chi connectivity index (χ1v) is 8.16. The molecular weight excluding hydrogens is 310 g/mol. The average Bonchev–Trinajstić information content (AvgIpc) is 2.68. The summed E-state index contributed by atoms with van der Waals surface area (Å²) in [5, 5.41) is 2.69. The van der Waals surface area contributed by atoms with Crippen molar-refractivity contribution in [3.63, 3.8) is 0 Å². The molecule has 0 bridgehead atoms. The summed E-state index contributed by atoms with van der Waals surface area (Å²) in [6.07, 6.45) is 1.53. The summed E-state index contributed by atoms with van der Waals surface area (Å²) in [7, 11) is 1.64. The van der Waals surface area contributed by atoms with Crippen LogP contribution in [0, 0.1) is 0 Å². The quantitative estimate of drug-likeness (QED) is 0.716. The highest BCUT2D eigenvalue weighted by Gasteiger charge is 2.10. The molecule has 0 aliphatic rings. The Morgan fingerprint density at radius 3 is 2.40 bits per heavy atom. The largest absolute Gasteiger partial charge is 0.355 e. The number of carbonyl (C=O) groups is 2. The van der Waals surface area contributed by atoms with Gasteiger partial charge in [-0.05, 0) is 34.7 Å². The third-order valence-electron chi connectivity index (χ3n) is 4.19. The lowest BCUT2D eigenvalue weighted by Gasteiger charge is -2.10. The predicted octanol–water partition coefficient (Wildman–Crippen LogP) is 4.12. The van der Waals surface area contributed by atoms with Crippen LogP contribution >= 0.6 is 0 Å². The molecule has 0 unspecified atom stereocenters. The van der Waals surface area contributed by atoms with Crippen LogP contribution in [0.15, 0.2) is 72.8 Å². The lowest BCUT2D eigenvalue weighted by Crippen LogP contribution is -2.19. The van der Waals surface area contributed by atoms with Gasteiger partial charge < -0.3 is 5.32 Å². The number of hydrogen-bond donors (Lipinski definition) is 1. The molecule has 0 fully saturated rings. The van der Waals surface area contributed by atoms with Gasteiger partial charge in [-0.2, -0.15) is 0 Å². The van der Waals surface area contributed by atoms with Crippen molar-refractivity contribution in [2.75, 3.05) is 7.05 Å². The molecule has 3 aromatic rings. The maximum Gasteiger partial charge on any atom is 0.251 e. The molecule has 0 aromatic heterocycles. The normalized spacial score (nSPS) is 10.3. The van der Waals surface area contributed by atoms with Crippen LogP contribution in [-0.2, 0) is 6.42 Å². The summed E-state index contributed by atoms with van der Waals surface area (Å²) in [5.41, 5.74) is 5.65. The second-order valence-corrected chi connectivity index (χ2v) is 5.85. The maximum atomic E-state index is 12.0. The van der Waals surface area contributed by atoms with Gasteiger partial charge in [0.15, 0.2) is 0 Å². The lowest BCUT2D eigenvalue weighted by molar-refractivity contribution is 0.0962. The number of carbonyl (C=O) groups excluding carboxylic acids is 2. The Hall–Kier alpha value is -3.20. The van der Waals surface area contributed by atoms with E-state index >= 15 is 0 Å². The maximum absolute atomic E-state index is 12.0. The summed E-state index contributed by atoms with van der Waals surface area (Å²) in [6.45, 7) is 0. The highest BCUT2D eigenvalue weighted by Crippen LogP contribution is 2.23. The standard InChI is InChI=1S/C22H19NO2/c1-23-22(25)21-8-3-2-6-20(21)14-17-5-4-7-19(13-17)18-11-9-16(15-24)10-12-18/h2-13,15H,14H2,1H3,(H,23,25). The van der Waals surface area contributed by atoms with Gasteiger partial charge in [0.25, 0.3) is 5.91 Å². The van der Waals surface area contributed by atoms with Gasteiger partial charge >= 0.3 is 0 Å². The Balaban J connectivity index is 1.90. The van der Waals surface area contributed by atoms with Crippen molar-refractivity contribution in [2.24, 2.45) is 0 Å². The molecule has 0 aliphatic carbocycles. The van der Waals surface area contributed by atoms with Crippen LogP contribution in [0.1, 0.15) is 31.8 Å². The molecule has 3 nitrogen and oxygen atoms in total. The van der Waals surface area contributed by atoms with Gasteiger partial charge in [-0.3, -0.25) is 9.59 Å². The molecule has 0 radical (unpaired) electrons. The van der Waals surface area contributed by atoms with E-state index in [4.69, 9.17) is 0 Å². The Morgan fingerprint density at radius 1 is 0.920 bits per heavy atom. The second-order valence-electron chi connectivity index (χ2n) is 5.85. The van der Waals surface area contributed by atoms with E-state index < -0.39 is 0 Å². The number of rotatable bonds is 5. The third-order valence-corrected chi connectivity index (χ3v) is 4.19. The van der Waals surface area contributed by atoms with E-state index in [9.17, 15) is 9.59 Å². The van der Waals surface area contributed by atoms with Crippen LogP contribution in [0.25, 0.3) is 11.1 Å². The van der Waals surface area contributed by atoms with Crippen LogP contribution in [0.5, 0.6) is 0 Å². The monoisotopic (exact) mass is 329 g/mol.